The van der Waals surface area contributed by atoms with E-state index in [2.05, 4.69) is 11.3 Å². The predicted octanol–water partition coefficient (Wildman–Crippen LogP) is 4.90. The largest absolute Gasteiger partial charge is 0.481 e. The molecule has 0 spiro atoms. The van der Waals surface area contributed by atoms with E-state index in [9.17, 15) is 71.9 Å². The highest BCUT2D eigenvalue weighted by Crippen LogP contribution is 2.34. The molecule has 3 atom stereocenters. The topological polar surface area (TPSA) is 580 Å². The second-order valence-electron chi connectivity index (χ2n) is 13.6. The van der Waals surface area contributed by atoms with E-state index in [4.69, 9.17) is 71.5 Å². The Bertz CT molecular complexity index is 1760. The first-order chi connectivity index (χ1) is 34.2. The van der Waals surface area contributed by atoms with E-state index in [0.717, 1.165) is 33.1 Å². The molecule has 0 bridgehead atoms. The molecule has 1 heterocycles. The van der Waals surface area contributed by atoms with Gasteiger partial charge in [-0.3, -0.25) is 47.9 Å². The Morgan fingerprint density at radius 2 is 0.744 bits per heavy atom. The van der Waals surface area contributed by atoms with Crippen molar-refractivity contribution in [3.05, 3.63) is 48.8 Å². The molecule has 0 amide bonds. The highest BCUT2D eigenvalue weighted by molar-refractivity contribution is 5.90. The molecule has 0 aromatic rings. The van der Waals surface area contributed by atoms with E-state index in [-0.39, 0.29) is 45.6 Å². The first-order valence-electron chi connectivity index (χ1n) is 21.3. The van der Waals surface area contributed by atoms with E-state index >= 15 is 0 Å². The number of esters is 1. The number of hydrogen-bond acceptors (Lipinski definition) is 16. The number of allylic oxidation sites excluding steroid dienone is 1. The number of aliphatic carboxylic acids is 14. The van der Waals surface area contributed by atoms with Crippen LogP contribution in [0.2, 0.25) is 0 Å². The maximum atomic E-state index is 11.1. The Hall–Kier alpha value is -9.03. The Balaban J connectivity index is -0.0000000644. The van der Waals surface area contributed by atoms with Gasteiger partial charge >= 0.3 is 89.5 Å². The summed E-state index contributed by atoms with van der Waals surface area (Å²) in [6, 6.07) is 0. The average molecular weight is 1140 g/mol. The third-order valence-electron chi connectivity index (χ3n) is 6.71. The summed E-state index contributed by atoms with van der Waals surface area (Å²) in [5.41, 5.74) is -1.83. The van der Waals surface area contributed by atoms with Crippen molar-refractivity contribution in [1.82, 2.24) is 0 Å². The van der Waals surface area contributed by atoms with Crippen molar-refractivity contribution < 1.29 is 154 Å². The normalized spacial score (nSPS) is 11.0. The molecule has 1 rings (SSSR count). The zero-order chi connectivity index (χ0) is 61.6. The van der Waals surface area contributed by atoms with Gasteiger partial charge in [-0.05, 0) is 38.7 Å². The van der Waals surface area contributed by atoms with Gasteiger partial charge in [0.1, 0.15) is 5.76 Å². The summed E-state index contributed by atoms with van der Waals surface area (Å²) in [6.07, 6.45) is 7.48. The quantitative estimate of drug-likeness (QED) is 0.0536. The lowest BCUT2D eigenvalue weighted by Gasteiger charge is -2.27. The van der Waals surface area contributed by atoms with E-state index < -0.39 is 114 Å². The number of hydrogen-bond donors (Lipinski definition) is 14. The summed E-state index contributed by atoms with van der Waals surface area (Å²) >= 11 is 0. The van der Waals surface area contributed by atoms with Crippen LogP contribution in [0.5, 0.6) is 0 Å². The van der Waals surface area contributed by atoms with Crippen LogP contribution in [0.25, 0.3) is 0 Å². The highest BCUT2D eigenvalue weighted by atomic mass is 16.5. The van der Waals surface area contributed by atoms with Crippen molar-refractivity contribution in [2.75, 3.05) is 0 Å². The molecule has 0 saturated heterocycles. The summed E-state index contributed by atoms with van der Waals surface area (Å²) < 4.78 is 4.42. The van der Waals surface area contributed by atoms with Crippen molar-refractivity contribution in [1.29, 1.82) is 0 Å². The van der Waals surface area contributed by atoms with Crippen LogP contribution in [0.15, 0.2) is 48.8 Å². The van der Waals surface area contributed by atoms with Gasteiger partial charge < -0.3 is 81.7 Å². The summed E-state index contributed by atoms with van der Waals surface area (Å²) in [5, 5.41) is 114. The van der Waals surface area contributed by atoms with E-state index in [1.807, 2.05) is 20.8 Å². The molecular formula is C47H80O31. The van der Waals surface area contributed by atoms with Crippen LogP contribution in [0.3, 0.4) is 0 Å². The first kappa shape index (κ1) is 98.2. The molecule has 0 aliphatic carbocycles. The van der Waals surface area contributed by atoms with Gasteiger partial charge in [0.25, 0.3) is 0 Å². The molecule has 0 saturated carbocycles. The second-order valence-corrected chi connectivity index (χ2v) is 13.6. The van der Waals surface area contributed by atoms with Gasteiger partial charge in [-0.2, -0.15) is 0 Å². The van der Waals surface area contributed by atoms with Crippen molar-refractivity contribution in [2.45, 2.75) is 141 Å². The van der Waals surface area contributed by atoms with Crippen molar-refractivity contribution in [3.8, 4) is 0 Å². The molecule has 16 N–H and O–H groups in total. The van der Waals surface area contributed by atoms with E-state index in [1.165, 1.54) is 12.2 Å². The molecular weight excluding hydrogens is 1060 g/mol. The molecule has 0 radical (unpaired) electrons. The van der Waals surface area contributed by atoms with Gasteiger partial charge in [-0.15, -0.1) is 0 Å². The fourth-order valence-corrected chi connectivity index (χ4v) is 2.99. The number of carboxylic acids is 14. The summed E-state index contributed by atoms with van der Waals surface area (Å²) in [7, 11) is 0. The van der Waals surface area contributed by atoms with Crippen molar-refractivity contribution in [2.24, 2.45) is 17.3 Å². The number of ether oxygens (including phenoxy) is 1. The smallest absolute Gasteiger partial charge is 0.336 e. The first-order valence-corrected chi connectivity index (χ1v) is 21.3. The monoisotopic (exact) mass is 1140 g/mol. The van der Waals surface area contributed by atoms with Gasteiger partial charge in [0.15, 0.2) is 0 Å². The van der Waals surface area contributed by atoms with Crippen molar-refractivity contribution in [3.63, 3.8) is 0 Å². The number of carbonyl (C=O) groups is 15. The standard InChI is InChI=1S/C11H16O8.C5H4O2.2C4H4O4.3C4H8O2.3C3H6O2.2CH4.H2O/c1-5(8(14)15)6(9(16)17)3-11(2,10(18)19)4-7(12)13;1-4-2-3-5(6)7-4;2*5-3(6)1-2-4(7)8;3*1-2-3-4(5)6;3*1-2-3(4)5;;;/h5-6H,3-4H2,1-2H3,(H,12,13)(H,14,15)(H,16,17)(H,18,19);2-3H,1H2;2*1-2H,(H,5,6)(H,7,8);3*2-3H2,1H3,(H,5,6);3*2H2,1H3,(H,4,5);2*1H4;1H2/b;;2*2-1-;;;;;;;;;. The van der Waals surface area contributed by atoms with Crippen LogP contribution in [0, 0.1) is 17.3 Å². The lowest BCUT2D eigenvalue weighted by molar-refractivity contribution is -0.161. The van der Waals surface area contributed by atoms with Gasteiger partial charge in [0, 0.05) is 68.9 Å². The minimum atomic E-state index is -1.83. The van der Waals surface area contributed by atoms with Crippen LogP contribution >= 0.6 is 0 Å². The molecule has 1 aliphatic heterocycles. The van der Waals surface area contributed by atoms with Gasteiger partial charge in [-0.1, -0.05) is 69.9 Å². The fraction of sp³-hybridized carbons (Fsp3) is 0.511. The molecule has 454 valence electrons. The summed E-state index contributed by atoms with van der Waals surface area (Å²) in [4.78, 5) is 149. The maximum absolute atomic E-state index is 11.1. The van der Waals surface area contributed by atoms with Gasteiger partial charge in [-0.25, -0.2) is 24.0 Å². The van der Waals surface area contributed by atoms with Crippen LogP contribution < -0.4 is 0 Å². The zero-order valence-electron chi connectivity index (χ0n) is 42.9. The molecule has 1 aliphatic rings. The molecule has 0 aromatic heterocycles. The molecule has 0 fully saturated rings. The Kier molecular flexibility index (Phi) is 80.7. The molecule has 31 nitrogen and oxygen atoms in total. The van der Waals surface area contributed by atoms with E-state index in [0.29, 0.717) is 49.3 Å². The zero-order valence-corrected chi connectivity index (χ0v) is 42.9. The highest BCUT2D eigenvalue weighted by Gasteiger charge is 2.43. The van der Waals surface area contributed by atoms with Crippen LogP contribution in [-0.2, 0) is 76.7 Å². The fourth-order valence-electron chi connectivity index (χ4n) is 2.99. The number of carboxylic acid groups (broad SMARTS) is 14. The van der Waals surface area contributed by atoms with Crippen LogP contribution in [-0.4, -0.2) is 167 Å². The predicted molar refractivity (Wildman–Crippen MR) is 272 cm³/mol. The minimum absolute atomic E-state index is 0. The third kappa shape index (κ3) is 104. The van der Waals surface area contributed by atoms with Crippen LogP contribution in [0.1, 0.15) is 141 Å². The van der Waals surface area contributed by atoms with Gasteiger partial charge in [0.2, 0.25) is 0 Å². The SMILES string of the molecule is C.C.C=C1C=CC(=O)O1.CC(C(=O)O)C(CC(C)(CC(=O)O)C(=O)O)C(=O)O.CCC(=O)O.CCC(=O)O.CCC(=O)O.CCCC(=O)O.CCCC(=O)O.CCCC(=O)O.O.O=C(O)/C=C\C(=O)O.O=C(O)/C=C\C(=O)O. The lowest BCUT2D eigenvalue weighted by Crippen LogP contribution is -2.38. The second kappa shape index (κ2) is 64.1. The molecule has 31 heteroatoms. The Labute approximate surface area is 449 Å². The molecule has 3 unspecified atom stereocenters. The molecule has 78 heavy (non-hydrogen) atoms. The number of rotatable bonds is 21. The Morgan fingerprint density at radius 3 is 0.833 bits per heavy atom. The third-order valence-corrected chi connectivity index (χ3v) is 6.71. The average Bonchev–Trinajstić information content (AvgIpc) is 3.66. The Morgan fingerprint density at radius 1 is 0.487 bits per heavy atom. The maximum Gasteiger partial charge on any atom is 0.336 e. The summed E-state index contributed by atoms with van der Waals surface area (Å²) in [5.74, 6) is -17.8. The van der Waals surface area contributed by atoms with Crippen LogP contribution in [0.4, 0.5) is 0 Å². The summed E-state index contributed by atoms with van der Waals surface area (Å²) in [6.45, 7) is 15.9. The minimum Gasteiger partial charge on any atom is -0.481 e. The van der Waals surface area contributed by atoms with Crippen molar-refractivity contribution >= 4 is 89.5 Å². The number of cyclic esters (lactones) is 1. The lowest BCUT2D eigenvalue weighted by atomic mass is 9.74. The van der Waals surface area contributed by atoms with Gasteiger partial charge in [0.05, 0.1) is 23.7 Å². The molecule has 0 aromatic carbocycles. The number of carbonyl (C=O) groups excluding carboxylic acids is 1. The van der Waals surface area contributed by atoms with E-state index in [1.54, 1.807) is 20.8 Å².